The standard InChI is InChI=1S/C24H14Cl5F3N2O4S/c1-9(21(35)34-14-6-5-10(25)7-13(14)24(30,31)32)39-12-4-2-3-11(8-12)33-22(36)15-16(23(37)38)18(27)20(29)19(28)17(15)26/h2-9H,1H3,(H,33,36)(H,34,35)(H,37,38). The predicted molar refractivity (Wildman–Crippen MR) is 148 cm³/mol. The maximum Gasteiger partial charge on any atom is 0.418 e. The van der Waals surface area contributed by atoms with Crippen LogP contribution in [0.25, 0.3) is 0 Å². The summed E-state index contributed by atoms with van der Waals surface area (Å²) in [4.78, 5) is 37.8. The fourth-order valence-electron chi connectivity index (χ4n) is 3.24. The molecule has 206 valence electrons. The van der Waals surface area contributed by atoms with Gasteiger partial charge in [-0.05, 0) is 43.3 Å². The van der Waals surface area contributed by atoms with E-state index in [9.17, 15) is 32.7 Å². The molecule has 15 heteroatoms. The zero-order valence-corrected chi connectivity index (χ0v) is 23.8. The van der Waals surface area contributed by atoms with Gasteiger partial charge in [-0.3, -0.25) is 9.59 Å². The third kappa shape index (κ3) is 7.25. The number of carboxylic acids is 1. The van der Waals surface area contributed by atoms with Crippen LogP contribution in [0.4, 0.5) is 24.5 Å². The van der Waals surface area contributed by atoms with Crippen molar-refractivity contribution in [2.75, 3.05) is 10.6 Å². The molecule has 0 bridgehead atoms. The summed E-state index contributed by atoms with van der Waals surface area (Å²) in [6.45, 7) is 1.48. The monoisotopic (exact) mass is 658 g/mol. The molecule has 0 aliphatic rings. The predicted octanol–water partition coefficient (Wildman–Crippen LogP) is 9.04. The van der Waals surface area contributed by atoms with E-state index in [2.05, 4.69) is 10.6 Å². The van der Waals surface area contributed by atoms with E-state index in [1.165, 1.54) is 31.2 Å². The summed E-state index contributed by atoms with van der Waals surface area (Å²) in [5.41, 5.74) is -2.52. The van der Waals surface area contributed by atoms with Crippen molar-refractivity contribution in [1.29, 1.82) is 0 Å². The van der Waals surface area contributed by atoms with E-state index in [0.717, 1.165) is 17.8 Å². The Morgan fingerprint density at radius 3 is 2.08 bits per heavy atom. The SMILES string of the molecule is CC(Sc1cccc(NC(=O)c2c(Cl)c(Cl)c(Cl)c(Cl)c2C(=O)O)c1)C(=O)Nc1ccc(Cl)cc1C(F)(F)F. The highest BCUT2D eigenvalue weighted by Gasteiger charge is 2.34. The van der Waals surface area contributed by atoms with Gasteiger partial charge in [-0.1, -0.05) is 64.1 Å². The molecule has 3 N–H and O–H groups in total. The third-order valence-corrected chi connectivity index (χ3v) is 8.16. The average Bonchev–Trinajstić information content (AvgIpc) is 2.85. The molecule has 0 radical (unpaired) electrons. The maximum atomic E-state index is 13.3. The van der Waals surface area contributed by atoms with Gasteiger partial charge in [0.25, 0.3) is 5.91 Å². The highest BCUT2D eigenvalue weighted by Crippen LogP contribution is 2.42. The van der Waals surface area contributed by atoms with Crippen LogP contribution >= 0.6 is 69.8 Å². The Balaban J connectivity index is 1.80. The van der Waals surface area contributed by atoms with Crippen molar-refractivity contribution in [3.63, 3.8) is 0 Å². The number of nitrogens with one attached hydrogen (secondary N) is 2. The van der Waals surface area contributed by atoms with Crippen LogP contribution in [-0.2, 0) is 11.0 Å². The van der Waals surface area contributed by atoms with Crippen molar-refractivity contribution in [3.8, 4) is 0 Å². The van der Waals surface area contributed by atoms with Gasteiger partial charge < -0.3 is 15.7 Å². The van der Waals surface area contributed by atoms with Gasteiger partial charge in [0.2, 0.25) is 5.91 Å². The molecule has 2 amide bonds. The number of benzene rings is 3. The van der Waals surface area contributed by atoms with Gasteiger partial charge >= 0.3 is 12.1 Å². The number of hydrogen-bond donors (Lipinski definition) is 3. The van der Waals surface area contributed by atoms with Crippen LogP contribution in [0.5, 0.6) is 0 Å². The number of amides is 2. The zero-order valence-electron chi connectivity index (χ0n) is 19.2. The van der Waals surface area contributed by atoms with Crippen molar-refractivity contribution in [2.45, 2.75) is 23.2 Å². The molecule has 0 spiro atoms. The smallest absolute Gasteiger partial charge is 0.418 e. The molecule has 0 saturated carbocycles. The minimum absolute atomic E-state index is 0.137. The van der Waals surface area contributed by atoms with Crippen molar-refractivity contribution in [3.05, 3.63) is 84.3 Å². The Hall–Kier alpha value is -2.34. The van der Waals surface area contributed by atoms with Crippen LogP contribution in [0.2, 0.25) is 25.1 Å². The van der Waals surface area contributed by atoms with Crippen molar-refractivity contribution in [2.24, 2.45) is 0 Å². The number of thioether (sulfide) groups is 1. The second kappa shape index (κ2) is 12.4. The summed E-state index contributed by atoms with van der Waals surface area (Å²) in [6, 6.07) is 9.06. The van der Waals surface area contributed by atoms with Crippen molar-refractivity contribution >= 4 is 98.9 Å². The lowest BCUT2D eigenvalue weighted by molar-refractivity contribution is -0.137. The molecule has 3 aromatic carbocycles. The highest BCUT2D eigenvalue weighted by atomic mass is 35.5. The molecule has 0 aromatic heterocycles. The Kier molecular flexibility index (Phi) is 9.96. The summed E-state index contributed by atoms with van der Waals surface area (Å²) < 4.78 is 40.0. The van der Waals surface area contributed by atoms with Gasteiger partial charge in [0, 0.05) is 15.6 Å². The van der Waals surface area contributed by atoms with Crippen LogP contribution in [0, 0.1) is 0 Å². The van der Waals surface area contributed by atoms with E-state index in [-0.39, 0.29) is 20.8 Å². The lowest BCUT2D eigenvalue weighted by Gasteiger charge is -2.17. The maximum absolute atomic E-state index is 13.3. The molecule has 3 aromatic rings. The lowest BCUT2D eigenvalue weighted by Crippen LogP contribution is -2.24. The van der Waals surface area contributed by atoms with E-state index in [0.29, 0.717) is 11.0 Å². The van der Waals surface area contributed by atoms with E-state index < -0.39 is 61.6 Å². The topological polar surface area (TPSA) is 95.5 Å². The van der Waals surface area contributed by atoms with Crippen LogP contribution in [0.1, 0.15) is 33.2 Å². The minimum atomic E-state index is -4.74. The molecule has 1 unspecified atom stereocenters. The summed E-state index contributed by atoms with van der Waals surface area (Å²) in [7, 11) is 0. The van der Waals surface area contributed by atoms with Gasteiger partial charge in [0.05, 0.1) is 47.7 Å². The molecule has 0 aliphatic heterocycles. The van der Waals surface area contributed by atoms with Crippen molar-refractivity contribution in [1.82, 2.24) is 0 Å². The summed E-state index contributed by atoms with van der Waals surface area (Å²) >= 11 is 30.7. The minimum Gasteiger partial charge on any atom is -0.478 e. The van der Waals surface area contributed by atoms with Gasteiger partial charge in [-0.2, -0.15) is 13.2 Å². The Labute approximate surface area is 248 Å². The van der Waals surface area contributed by atoms with Crippen LogP contribution < -0.4 is 10.6 Å². The molecular formula is C24H14Cl5F3N2O4S. The first-order chi connectivity index (χ1) is 18.1. The van der Waals surface area contributed by atoms with Gasteiger partial charge in [0.15, 0.2) is 0 Å². The molecule has 0 aliphatic carbocycles. The molecule has 0 saturated heterocycles. The fraction of sp³-hybridized carbons (Fsp3) is 0.125. The lowest BCUT2D eigenvalue weighted by atomic mass is 10.1. The molecule has 0 fully saturated rings. The second-order valence-electron chi connectivity index (χ2n) is 7.73. The molecule has 6 nitrogen and oxygen atoms in total. The number of carboxylic acid groups (broad SMARTS) is 1. The summed E-state index contributed by atoms with van der Waals surface area (Å²) in [6.07, 6.45) is -4.74. The van der Waals surface area contributed by atoms with E-state index in [4.69, 9.17) is 58.0 Å². The Morgan fingerprint density at radius 2 is 1.49 bits per heavy atom. The Bertz CT molecular complexity index is 1490. The van der Waals surface area contributed by atoms with Crippen LogP contribution in [0.15, 0.2) is 47.4 Å². The molecular weight excluding hydrogens is 647 g/mol. The summed E-state index contributed by atoms with van der Waals surface area (Å²) in [5, 5.41) is 11.7. The number of halogens is 8. The first-order valence-electron chi connectivity index (χ1n) is 10.5. The molecule has 1 atom stereocenters. The van der Waals surface area contributed by atoms with Crippen LogP contribution in [-0.4, -0.2) is 28.1 Å². The first-order valence-corrected chi connectivity index (χ1v) is 13.2. The molecule has 0 heterocycles. The first kappa shape index (κ1) is 31.2. The van der Waals surface area contributed by atoms with E-state index in [1.54, 1.807) is 6.07 Å². The van der Waals surface area contributed by atoms with E-state index >= 15 is 0 Å². The largest absolute Gasteiger partial charge is 0.478 e. The number of rotatable bonds is 7. The quantitative estimate of drug-likeness (QED) is 0.134. The number of carbonyl (C=O) groups is 3. The fourth-order valence-corrected chi connectivity index (χ4v) is 5.36. The molecule has 39 heavy (non-hydrogen) atoms. The number of aromatic carboxylic acids is 1. The number of anilines is 2. The number of carbonyl (C=O) groups excluding carboxylic acids is 2. The van der Waals surface area contributed by atoms with Gasteiger partial charge in [-0.25, -0.2) is 4.79 Å². The third-order valence-electron chi connectivity index (χ3n) is 5.03. The van der Waals surface area contributed by atoms with Crippen LogP contribution in [0.3, 0.4) is 0 Å². The van der Waals surface area contributed by atoms with Crippen molar-refractivity contribution < 1.29 is 32.7 Å². The average molecular weight is 661 g/mol. The Morgan fingerprint density at radius 1 is 0.872 bits per heavy atom. The van der Waals surface area contributed by atoms with Gasteiger partial charge in [0.1, 0.15) is 0 Å². The highest BCUT2D eigenvalue weighted by molar-refractivity contribution is 8.00. The normalized spacial score (nSPS) is 12.1. The second-order valence-corrected chi connectivity index (χ2v) is 11.1. The zero-order chi connectivity index (χ0) is 29.2. The number of hydrogen-bond acceptors (Lipinski definition) is 4. The van der Waals surface area contributed by atoms with Gasteiger partial charge in [-0.15, -0.1) is 11.8 Å². The molecule has 3 rings (SSSR count). The summed E-state index contributed by atoms with van der Waals surface area (Å²) in [5.74, 6) is -3.23. The van der Waals surface area contributed by atoms with E-state index in [1.807, 2.05) is 0 Å². The number of alkyl halides is 3.